The standard InChI is InChI=1S/C25H24N2O2S/c28-23(27-14-3-4-15-27)16-30-22-9-2-1-7-20(22)25(29)26-21-13-12-18-11-10-17-6-5-8-19(21)24(17)18/h1-2,5-9,12-13H,3-4,10-11,14-16H2,(H,26,29). The van der Waals surface area contributed by atoms with Crippen LogP contribution in [0.15, 0.2) is 59.5 Å². The molecule has 1 heterocycles. The Morgan fingerprint density at radius 2 is 1.67 bits per heavy atom. The van der Waals surface area contributed by atoms with Gasteiger partial charge in [-0.1, -0.05) is 36.4 Å². The molecule has 0 atom stereocenters. The lowest BCUT2D eigenvalue weighted by Gasteiger charge is -2.16. The average Bonchev–Trinajstić information content (AvgIpc) is 3.45. The van der Waals surface area contributed by atoms with Crippen molar-refractivity contribution in [3.63, 3.8) is 0 Å². The number of hydrogen-bond donors (Lipinski definition) is 1. The number of anilines is 1. The maximum atomic E-state index is 13.1. The van der Waals surface area contributed by atoms with Gasteiger partial charge in [0, 0.05) is 29.1 Å². The minimum atomic E-state index is -0.134. The number of carbonyl (C=O) groups is 2. The van der Waals surface area contributed by atoms with Crippen LogP contribution in [0.2, 0.25) is 0 Å². The van der Waals surface area contributed by atoms with E-state index in [0.717, 1.165) is 54.7 Å². The number of amides is 2. The topological polar surface area (TPSA) is 49.4 Å². The van der Waals surface area contributed by atoms with Gasteiger partial charge in [0.2, 0.25) is 5.91 Å². The zero-order valence-electron chi connectivity index (χ0n) is 16.8. The Balaban J connectivity index is 1.36. The number of hydrogen-bond acceptors (Lipinski definition) is 3. The van der Waals surface area contributed by atoms with Gasteiger partial charge in [0.05, 0.1) is 11.3 Å². The minimum absolute atomic E-state index is 0.134. The van der Waals surface area contributed by atoms with Crippen LogP contribution in [-0.4, -0.2) is 35.6 Å². The highest BCUT2D eigenvalue weighted by Crippen LogP contribution is 2.35. The molecule has 2 aliphatic rings. The highest BCUT2D eigenvalue weighted by molar-refractivity contribution is 8.00. The third-order valence-electron chi connectivity index (χ3n) is 6.07. The zero-order chi connectivity index (χ0) is 20.5. The van der Waals surface area contributed by atoms with Crippen LogP contribution in [0.25, 0.3) is 10.8 Å². The molecule has 1 fully saturated rings. The fourth-order valence-corrected chi connectivity index (χ4v) is 5.48. The number of carbonyl (C=O) groups excluding carboxylic acids is 2. The Bertz CT molecular complexity index is 1120. The van der Waals surface area contributed by atoms with E-state index in [1.54, 1.807) is 0 Å². The minimum Gasteiger partial charge on any atom is -0.342 e. The van der Waals surface area contributed by atoms with Crippen LogP contribution in [0.5, 0.6) is 0 Å². The van der Waals surface area contributed by atoms with Crippen LogP contribution in [0.1, 0.15) is 34.3 Å². The van der Waals surface area contributed by atoms with Gasteiger partial charge in [-0.05, 0) is 60.4 Å². The maximum absolute atomic E-state index is 13.1. The van der Waals surface area contributed by atoms with Gasteiger partial charge in [0.15, 0.2) is 0 Å². The highest BCUT2D eigenvalue weighted by Gasteiger charge is 2.20. The first-order valence-corrected chi connectivity index (χ1v) is 11.5. The van der Waals surface area contributed by atoms with Crippen LogP contribution >= 0.6 is 11.8 Å². The van der Waals surface area contributed by atoms with E-state index in [4.69, 9.17) is 0 Å². The molecular formula is C25H24N2O2S. The number of nitrogens with zero attached hydrogens (tertiary/aromatic N) is 1. The molecule has 0 aromatic heterocycles. The smallest absolute Gasteiger partial charge is 0.256 e. The van der Waals surface area contributed by atoms with E-state index in [0.29, 0.717) is 11.3 Å². The number of aryl methyl sites for hydroxylation is 2. The molecule has 0 radical (unpaired) electrons. The van der Waals surface area contributed by atoms with Crippen molar-refractivity contribution in [3.8, 4) is 0 Å². The Hall–Kier alpha value is -2.79. The summed E-state index contributed by atoms with van der Waals surface area (Å²) in [6.45, 7) is 1.71. The SMILES string of the molecule is O=C(Nc1ccc2c3c(cccc13)CC2)c1ccccc1SCC(=O)N1CCCC1. The molecule has 3 aromatic carbocycles. The van der Waals surface area contributed by atoms with Crippen molar-refractivity contribution in [3.05, 3.63) is 71.3 Å². The molecule has 0 spiro atoms. The van der Waals surface area contributed by atoms with Crippen LogP contribution < -0.4 is 5.32 Å². The summed E-state index contributed by atoms with van der Waals surface area (Å²) in [4.78, 5) is 28.3. The summed E-state index contributed by atoms with van der Waals surface area (Å²) >= 11 is 1.45. The van der Waals surface area contributed by atoms with Crippen molar-refractivity contribution in [2.45, 2.75) is 30.6 Å². The lowest BCUT2D eigenvalue weighted by Crippen LogP contribution is -2.29. The van der Waals surface area contributed by atoms with Crippen LogP contribution in [0.4, 0.5) is 5.69 Å². The first-order valence-electron chi connectivity index (χ1n) is 10.5. The summed E-state index contributed by atoms with van der Waals surface area (Å²) in [5, 5.41) is 5.51. The summed E-state index contributed by atoms with van der Waals surface area (Å²) in [7, 11) is 0. The third-order valence-corrected chi connectivity index (χ3v) is 7.12. The molecule has 152 valence electrons. The number of rotatable bonds is 5. The Labute approximate surface area is 180 Å². The van der Waals surface area contributed by atoms with Gasteiger partial charge in [0.1, 0.15) is 0 Å². The van der Waals surface area contributed by atoms with Crippen molar-refractivity contribution in [2.75, 3.05) is 24.2 Å². The van der Waals surface area contributed by atoms with E-state index in [2.05, 4.69) is 29.6 Å². The van der Waals surface area contributed by atoms with E-state index in [9.17, 15) is 9.59 Å². The van der Waals surface area contributed by atoms with E-state index >= 15 is 0 Å². The fraction of sp³-hybridized carbons (Fsp3) is 0.280. The lowest BCUT2D eigenvalue weighted by molar-refractivity contribution is -0.127. The van der Waals surface area contributed by atoms with E-state index in [1.807, 2.05) is 35.2 Å². The van der Waals surface area contributed by atoms with Crippen LogP contribution in [-0.2, 0) is 17.6 Å². The zero-order valence-corrected chi connectivity index (χ0v) is 17.6. The molecule has 0 saturated carbocycles. The number of benzene rings is 3. The molecule has 5 heteroatoms. The largest absolute Gasteiger partial charge is 0.342 e. The van der Waals surface area contributed by atoms with Gasteiger partial charge in [0.25, 0.3) is 5.91 Å². The highest BCUT2D eigenvalue weighted by atomic mass is 32.2. The van der Waals surface area contributed by atoms with Crippen molar-refractivity contribution in [1.82, 2.24) is 4.90 Å². The van der Waals surface area contributed by atoms with Crippen LogP contribution in [0, 0.1) is 0 Å². The predicted octanol–water partition coefficient (Wildman–Crippen LogP) is 4.91. The number of likely N-dealkylation sites (tertiary alicyclic amines) is 1. The summed E-state index contributed by atoms with van der Waals surface area (Å²) in [6, 6.07) is 18.0. The molecule has 0 bridgehead atoms. The summed E-state index contributed by atoms with van der Waals surface area (Å²) in [6.07, 6.45) is 4.30. The van der Waals surface area contributed by atoms with Gasteiger partial charge in [-0.2, -0.15) is 0 Å². The molecule has 4 nitrogen and oxygen atoms in total. The molecule has 1 aliphatic carbocycles. The Morgan fingerprint density at radius 3 is 2.50 bits per heavy atom. The molecule has 1 N–H and O–H groups in total. The monoisotopic (exact) mass is 416 g/mol. The van der Waals surface area contributed by atoms with Gasteiger partial charge in [-0.15, -0.1) is 11.8 Å². The van der Waals surface area contributed by atoms with Crippen molar-refractivity contribution < 1.29 is 9.59 Å². The second-order valence-electron chi connectivity index (χ2n) is 7.94. The van der Waals surface area contributed by atoms with Gasteiger partial charge >= 0.3 is 0 Å². The van der Waals surface area contributed by atoms with E-state index in [-0.39, 0.29) is 11.8 Å². The first-order chi connectivity index (χ1) is 14.7. The normalized spacial score (nSPS) is 15.0. The molecule has 30 heavy (non-hydrogen) atoms. The molecule has 1 aliphatic heterocycles. The van der Waals surface area contributed by atoms with Gasteiger partial charge < -0.3 is 10.2 Å². The molecule has 0 unspecified atom stereocenters. The quantitative estimate of drug-likeness (QED) is 0.602. The second-order valence-corrected chi connectivity index (χ2v) is 8.96. The summed E-state index contributed by atoms with van der Waals surface area (Å²) < 4.78 is 0. The number of thioether (sulfide) groups is 1. The van der Waals surface area contributed by atoms with Crippen LogP contribution in [0.3, 0.4) is 0 Å². The second kappa shape index (κ2) is 8.15. The third kappa shape index (κ3) is 3.58. The fourth-order valence-electron chi connectivity index (χ4n) is 4.52. The van der Waals surface area contributed by atoms with E-state index in [1.165, 1.54) is 28.3 Å². The number of nitrogens with one attached hydrogen (secondary N) is 1. The van der Waals surface area contributed by atoms with Gasteiger partial charge in [-0.3, -0.25) is 9.59 Å². The summed E-state index contributed by atoms with van der Waals surface area (Å²) in [5.74, 6) is 0.385. The van der Waals surface area contributed by atoms with Crippen molar-refractivity contribution in [1.29, 1.82) is 0 Å². The van der Waals surface area contributed by atoms with Gasteiger partial charge in [-0.25, -0.2) is 0 Å². The Morgan fingerprint density at radius 1 is 0.900 bits per heavy atom. The molecule has 2 amide bonds. The molecule has 3 aromatic rings. The maximum Gasteiger partial charge on any atom is 0.256 e. The predicted molar refractivity (Wildman–Crippen MR) is 122 cm³/mol. The molecule has 1 saturated heterocycles. The first kappa shape index (κ1) is 19.2. The Kier molecular flexibility index (Phi) is 5.21. The summed E-state index contributed by atoms with van der Waals surface area (Å²) in [5.41, 5.74) is 4.17. The van der Waals surface area contributed by atoms with Crippen molar-refractivity contribution >= 4 is 40.0 Å². The average molecular weight is 417 g/mol. The molecular weight excluding hydrogens is 392 g/mol. The van der Waals surface area contributed by atoms with E-state index < -0.39 is 0 Å². The van der Waals surface area contributed by atoms with Crippen molar-refractivity contribution in [2.24, 2.45) is 0 Å². The lowest BCUT2D eigenvalue weighted by atomic mass is 10.0. The molecule has 5 rings (SSSR count).